The van der Waals surface area contributed by atoms with Gasteiger partial charge in [0.1, 0.15) is 0 Å². The van der Waals surface area contributed by atoms with Gasteiger partial charge >= 0.3 is 0 Å². The van der Waals surface area contributed by atoms with E-state index in [-0.39, 0.29) is 10.8 Å². The highest BCUT2D eigenvalue weighted by atomic mass is 15.1. The third-order valence-corrected chi connectivity index (χ3v) is 12.3. The average Bonchev–Trinajstić information content (AvgIpc) is 3.62. The summed E-state index contributed by atoms with van der Waals surface area (Å²) in [6.07, 6.45) is 0. The van der Waals surface area contributed by atoms with E-state index >= 15 is 0 Å². The summed E-state index contributed by atoms with van der Waals surface area (Å²) < 4.78 is 2.55. The van der Waals surface area contributed by atoms with E-state index in [4.69, 9.17) is 0 Å². The molecular formula is C50H38N2. The zero-order chi connectivity index (χ0) is 34.9. The number of anilines is 3. The van der Waals surface area contributed by atoms with E-state index < -0.39 is 0 Å². The molecule has 11 rings (SSSR count). The number of hydrogen-bond acceptors (Lipinski definition) is 1. The molecule has 0 bridgehead atoms. The summed E-state index contributed by atoms with van der Waals surface area (Å²) in [5, 5.41) is 7.62. The zero-order valence-electron chi connectivity index (χ0n) is 29.9. The van der Waals surface area contributed by atoms with Crippen molar-refractivity contribution >= 4 is 60.4 Å². The second-order valence-electron chi connectivity index (χ2n) is 15.8. The Labute approximate surface area is 304 Å². The van der Waals surface area contributed by atoms with E-state index in [1.807, 2.05) is 0 Å². The third kappa shape index (κ3) is 3.90. The zero-order valence-corrected chi connectivity index (χ0v) is 29.9. The summed E-state index contributed by atoms with van der Waals surface area (Å²) in [7, 11) is 0. The predicted octanol–water partition coefficient (Wildman–Crippen LogP) is 13.5. The van der Waals surface area contributed by atoms with Crippen molar-refractivity contribution in [2.75, 3.05) is 4.90 Å². The van der Waals surface area contributed by atoms with Crippen molar-refractivity contribution in [1.82, 2.24) is 4.57 Å². The van der Waals surface area contributed by atoms with Crippen molar-refractivity contribution in [3.05, 3.63) is 180 Å². The highest BCUT2D eigenvalue weighted by Gasteiger charge is 2.41. The summed E-state index contributed by atoms with van der Waals surface area (Å²) in [5.41, 5.74) is 15.3. The summed E-state index contributed by atoms with van der Waals surface area (Å²) in [5.74, 6) is 0. The summed E-state index contributed by atoms with van der Waals surface area (Å²) in [6, 6.07) is 59.0. The van der Waals surface area contributed by atoms with Gasteiger partial charge in [0.05, 0.1) is 16.7 Å². The maximum absolute atomic E-state index is 2.55. The maximum Gasteiger partial charge on any atom is 0.0582 e. The van der Waals surface area contributed by atoms with Crippen LogP contribution in [0, 0.1) is 0 Å². The SMILES string of the molecule is CC1(C)c2cc(N(c3ccc4ccccc4c3)c3ccc4ccccc4c3)ccc2-c2cc3c(cc21)-n1c2ccccc2c2cccc(c21)C3(C)C. The van der Waals surface area contributed by atoms with Gasteiger partial charge in [0.25, 0.3) is 0 Å². The van der Waals surface area contributed by atoms with Crippen LogP contribution in [-0.4, -0.2) is 4.57 Å². The molecule has 8 aromatic carbocycles. The minimum atomic E-state index is -0.197. The number of nitrogens with zero attached hydrogens (tertiary/aromatic N) is 2. The first-order chi connectivity index (χ1) is 25.3. The van der Waals surface area contributed by atoms with Crippen LogP contribution in [-0.2, 0) is 10.8 Å². The Hall–Kier alpha value is -6.12. The fourth-order valence-corrected chi connectivity index (χ4v) is 9.58. The molecule has 52 heavy (non-hydrogen) atoms. The molecule has 1 aliphatic carbocycles. The van der Waals surface area contributed by atoms with E-state index in [1.165, 1.54) is 88.1 Å². The number of fused-ring (bicyclic) bond motifs is 10. The fourth-order valence-electron chi connectivity index (χ4n) is 9.58. The number of benzene rings is 8. The van der Waals surface area contributed by atoms with Gasteiger partial charge in [-0.15, -0.1) is 0 Å². The Bertz CT molecular complexity index is 2890. The van der Waals surface area contributed by atoms with E-state index in [2.05, 4.69) is 195 Å². The first-order valence-corrected chi connectivity index (χ1v) is 18.4. The highest BCUT2D eigenvalue weighted by Crippen LogP contribution is 2.55. The molecule has 248 valence electrons. The predicted molar refractivity (Wildman–Crippen MR) is 220 cm³/mol. The molecule has 9 aromatic rings. The monoisotopic (exact) mass is 666 g/mol. The molecule has 0 saturated carbocycles. The maximum atomic E-state index is 2.55. The Balaban J connectivity index is 1.12. The van der Waals surface area contributed by atoms with E-state index in [0.29, 0.717) is 0 Å². The lowest BCUT2D eigenvalue weighted by Crippen LogP contribution is -2.27. The normalized spacial score (nSPS) is 14.8. The van der Waals surface area contributed by atoms with Crippen LogP contribution in [0.2, 0.25) is 0 Å². The first-order valence-electron chi connectivity index (χ1n) is 18.4. The van der Waals surface area contributed by atoms with Crippen molar-refractivity contribution < 1.29 is 0 Å². The van der Waals surface area contributed by atoms with Gasteiger partial charge in [-0.2, -0.15) is 0 Å². The quantitative estimate of drug-likeness (QED) is 0.182. The van der Waals surface area contributed by atoms with Gasteiger partial charge in [0, 0.05) is 38.7 Å². The van der Waals surface area contributed by atoms with E-state index in [1.54, 1.807) is 0 Å². The Morgan fingerprint density at radius 3 is 1.67 bits per heavy atom. The summed E-state index contributed by atoms with van der Waals surface area (Å²) in [6.45, 7) is 9.64. The van der Waals surface area contributed by atoms with Gasteiger partial charge in [-0.3, -0.25) is 0 Å². The second kappa shape index (κ2) is 10.2. The lowest BCUT2D eigenvalue weighted by molar-refractivity contribution is 0.625. The Morgan fingerprint density at radius 2 is 0.962 bits per heavy atom. The molecule has 2 heterocycles. The topological polar surface area (TPSA) is 8.17 Å². The number of para-hydroxylation sites is 2. The summed E-state index contributed by atoms with van der Waals surface area (Å²) >= 11 is 0. The molecule has 1 aromatic heterocycles. The number of hydrogen-bond donors (Lipinski definition) is 0. The molecule has 0 fully saturated rings. The number of rotatable bonds is 3. The van der Waals surface area contributed by atoms with Crippen molar-refractivity contribution in [3.8, 4) is 16.8 Å². The molecule has 1 aliphatic heterocycles. The van der Waals surface area contributed by atoms with Crippen molar-refractivity contribution in [3.63, 3.8) is 0 Å². The molecule has 0 radical (unpaired) electrons. The van der Waals surface area contributed by atoms with Gasteiger partial charge < -0.3 is 9.47 Å². The van der Waals surface area contributed by atoms with Crippen LogP contribution in [0.3, 0.4) is 0 Å². The number of aromatic nitrogens is 1. The molecule has 0 N–H and O–H groups in total. The minimum Gasteiger partial charge on any atom is -0.310 e. The van der Waals surface area contributed by atoms with Crippen LogP contribution in [0.25, 0.3) is 60.2 Å². The third-order valence-electron chi connectivity index (χ3n) is 12.3. The highest BCUT2D eigenvalue weighted by molar-refractivity contribution is 6.11. The Kier molecular flexibility index (Phi) is 5.83. The van der Waals surface area contributed by atoms with Crippen LogP contribution < -0.4 is 4.90 Å². The van der Waals surface area contributed by atoms with Crippen molar-refractivity contribution in [2.24, 2.45) is 0 Å². The standard InChI is InChI=1S/C50H38N2/c1-49(2)42-18-11-17-40-39-16-9-10-19-46(39)52(48(40)42)47-30-44-41(29-45(47)49)38-25-24-37(28-43(38)50(44,3)4)51(35-22-20-31-12-5-7-14-33(31)26-35)36-23-21-32-13-6-8-15-34(32)27-36/h5-30H,1-4H3. The minimum absolute atomic E-state index is 0.149. The van der Waals surface area contributed by atoms with Crippen LogP contribution in [0.15, 0.2) is 158 Å². The van der Waals surface area contributed by atoms with E-state index in [0.717, 1.165) is 11.4 Å². The van der Waals surface area contributed by atoms with Crippen LogP contribution in [0.4, 0.5) is 17.1 Å². The first kappa shape index (κ1) is 29.6. The van der Waals surface area contributed by atoms with Gasteiger partial charge in [-0.25, -0.2) is 0 Å². The largest absolute Gasteiger partial charge is 0.310 e. The lowest BCUT2D eigenvalue weighted by Gasteiger charge is -2.36. The van der Waals surface area contributed by atoms with Gasteiger partial charge in [0.2, 0.25) is 0 Å². The molecule has 0 amide bonds. The van der Waals surface area contributed by atoms with Crippen LogP contribution in [0.5, 0.6) is 0 Å². The molecule has 0 atom stereocenters. The average molecular weight is 667 g/mol. The lowest BCUT2D eigenvalue weighted by atomic mass is 9.73. The van der Waals surface area contributed by atoms with E-state index in [9.17, 15) is 0 Å². The second-order valence-corrected chi connectivity index (χ2v) is 15.8. The van der Waals surface area contributed by atoms with Crippen molar-refractivity contribution in [1.29, 1.82) is 0 Å². The van der Waals surface area contributed by atoms with Gasteiger partial charge in [0.15, 0.2) is 0 Å². The molecule has 2 heteroatoms. The molecule has 0 saturated heterocycles. The van der Waals surface area contributed by atoms with Gasteiger partial charge in [-0.1, -0.05) is 131 Å². The molecule has 2 nitrogen and oxygen atoms in total. The van der Waals surface area contributed by atoms with Gasteiger partial charge in [-0.05, 0) is 110 Å². The Morgan fingerprint density at radius 1 is 0.404 bits per heavy atom. The molecular weight excluding hydrogens is 629 g/mol. The summed E-state index contributed by atoms with van der Waals surface area (Å²) in [4.78, 5) is 2.44. The fraction of sp³-hybridized carbons (Fsp3) is 0.120. The molecule has 2 aliphatic rings. The molecule has 0 spiro atoms. The van der Waals surface area contributed by atoms with Crippen LogP contribution >= 0.6 is 0 Å². The molecule has 0 unspecified atom stereocenters. The van der Waals surface area contributed by atoms with Crippen LogP contribution in [0.1, 0.15) is 49.9 Å². The van der Waals surface area contributed by atoms with Crippen molar-refractivity contribution in [2.45, 2.75) is 38.5 Å². The smallest absolute Gasteiger partial charge is 0.0582 e.